The molecule has 0 amide bonds. The Morgan fingerprint density at radius 2 is 2.05 bits per heavy atom. The molecule has 4 aliphatic carbocycles. The summed E-state index contributed by atoms with van der Waals surface area (Å²) in [6.45, 7) is 8.77. The van der Waals surface area contributed by atoms with E-state index in [1.54, 1.807) is 0 Å². The summed E-state index contributed by atoms with van der Waals surface area (Å²) in [4.78, 5) is 12.5. The maximum atomic E-state index is 12.5. The van der Waals surface area contributed by atoms with Crippen LogP contribution in [0.1, 0.15) is 26.2 Å². The molecule has 0 aliphatic heterocycles. The molecule has 3 fully saturated rings. The fourth-order valence-corrected chi connectivity index (χ4v) is 6.85. The highest BCUT2D eigenvalue weighted by Crippen LogP contribution is 2.71. The Balaban J connectivity index is 1.57. The molecule has 0 N–H and O–H groups in total. The van der Waals surface area contributed by atoms with Crippen molar-refractivity contribution in [1.29, 1.82) is 0 Å². The van der Waals surface area contributed by atoms with Gasteiger partial charge in [0, 0.05) is 0 Å². The molecule has 0 spiro atoms. The smallest absolute Gasteiger partial charge is 0.295 e. The van der Waals surface area contributed by atoms with E-state index in [9.17, 15) is 4.79 Å². The van der Waals surface area contributed by atoms with E-state index in [0.29, 0.717) is 11.3 Å². The topological polar surface area (TPSA) is 26.3 Å². The standard InChI is InChI=1S/C17H26O2Si/c1-17-6-5-10(9-17)14-11-7-12(15(14)17)13(8-11)16(18)19-20(2,3)4/h5-6,10-15H,7-9H2,1-4H3. The second kappa shape index (κ2) is 3.79. The van der Waals surface area contributed by atoms with Crippen LogP contribution in [0.3, 0.4) is 0 Å². The van der Waals surface area contributed by atoms with E-state index in [2.05, 4.69) is 38.7 Å². The molecule has 0 aromatic heterocycles. The van der Waals surface area contributed by atoms with Crippen LogP contribution in [0.15, 0.2) is 12.2 Å². The zero-order chi connectivity index (χ0) is 14.3. The van der Waals surface area contributed by atoms with Crippen molar-refractivity contribution in [1.82, 2.24) is 0 Å². The van der Waals surface area contributed by atoms with Gasteiger partial charge in [0.1, 0.15) is 0 Å². The van der Waals surface area contributed by atoms with Crippen molar-refractivity contribution in [2.45, 2.75) is 45.8 Å². The van der Waals surface area contributed by atoms with Crippen LogP contribution in [0.5, 0.6) is 0 Å². The Hall–Kier alpha value is -0.573. The molecule has 7 atom stereocenters. The largest absolute Gasteiger partial charge is 0.520 e. The van der Waals surface area contributed by atoms with Gasteiger partial charge in [0.2, 0.25) is 8.32 Å². The number of fused-ring (bicyclic) bond motifs is 9. The lowest BCUT2D eigenvalue weighted by atomic mass is 9.65. The SMILES string of the molecule is CC12C=CC(C1)C1C3CC(C(=O)O[Si](C)(C)C)C(C3)C12. The van der Waals surface area contributed by atoms with Crippen LogP contribution in [0.4, 0.5) is 0 Å². The maximum absolute atomic E-state index is 12.5. The summed E-state index contributed by atoms with van der Waals surface area (Å²) in [6.07, 6.45) is 8.66. The summed E-state index contributed by atoms with van der Waals surface area (Å²) in [5, 5.41) is 0. The molecule has 0 aromatic carbocycles. The highest BCUT2D eigenvalue weighted by molar-refractivity contribution is 6.71. The lowest BCUT2D eigenvalue weighted by molar-refractivity contribution is -0.143. The van der Waals surface area contributed by atoms with Crippen LogP contribution in [0.2, 0.25) is 19.6 Å². The fraction of sp³-hybridized carbons (Fsp3) is 0.824. The second-order valence-electron chi connectivity index (χ2n) is 8.87. The van der Waals surface area contributed by atoms with Gasteiger partial charge in [0.05, 0.1) is 5.92 Å². The molecular weight excluding hydrogens is 264 g/mol. The highest BCUT2D eigenvalue weighted by Gasteiger charge is 2.66. The summed E-state index contributed by atoms with van der Waals surface area (Å²) in [6, 6.07) is 0. The molecule has 0 saturated heterocycles. The lowest BCUT2D eigenvalue weighted by Gasteiger charge is -2.40. The van der Waals surface area contributed by atoms with Crippen molar-refractivity contribution in [2.75, 3.05) is 0 Å². The molecule has 4 rings (SSSR count). The van der Waals surface area contributed by atoms with Gasteiger partial charge >= 0.3 is 0 Å². The van der Waals surface area contributed by atoms with Gasteiger partial charge in [-0.3, -0.25) is 4.79 Å². The van der Waals surface area contributed by atoms with E-state index in [0.717, 1.165) is 30.1 Å². The highest BCUT2D eigenvalue weighted by atomic mass is 28.4. The van der Waals surface area contributed by atoms with Gasteiger partial charge in [0.15, 0.2) is 0 Å². The van der Waals surface area contributed by atoms with Crippen LogP contribution in [-0.4, -0.2) is 14.3 Å². The van der Waals surface area contributed by atoms with Gasteiger partial charge < -0.3 is 4.43 Å². The summed E-state index contributed by atoms with van der Waals surface area (Å²) >= 11 is 0. The predicted octanol–water partition coefficient (Wildman–Crippen LogP) is 3.85. The van der Waals surface area contributed by atoms with Crippen molar-refractivity contribution in [3.05, 3.63) is 12.2 Å². The second-order valence-corrected chi connectivity index (χ2v) is 13.3. The van der Waals surface area contributed by atoms with Gasteiger partial charge in [-0.25, -0.2) is 0 Å². The van der Waals surface area contributed by atoms with E-state index in [1.807, 2.05) is 0 Å². The van der Waals surface area contributed by atoms with Crippen LogP contribution in [-0.2, 0) is 9.22 Å². The molecule has 110 valence electrons. The third-order valence-corrected chi connectivity index (χ3v) is 7.25. The minimum atomic E-state index is -1.75. The van der Waals surface area contributed by atoms with Crippen LogP contribution in [0, 0.1) is 40.9 Å². The van der Waals surface area contributed by atoms with Crippen LogP contribution >= 0.6 is 0 Å². The minimum absolute atomic E-state index is 0.130. The molecule has 3 saturated carbocycles. The summed E-state index contributed by atoms with van der Waals surface area (Å²) in [5.74, 6) is 4.19. The molecule has 20 heavy (non-hydrogen) atoms. The van der Waals surface area contributed by atoms with E-state index in [4.69, 9.17) is 4.43 Å². The average Bonchev–Trinajstić information content (AvgIpc) is 3.00. The van der Waals surface area contributed by atoms with Crippen molar-refractivity contribution in [2.24, 2.45) is 40.9 Å². The number of carbonyl (C=O) groups excluding carboxylic acids is 1. The Kier molecular flexibility index (Phi) is 2.49. The molecular formula is C17H26O2Si. The van der Waals surface area contributed by atoms with Crippen molar-refractivity contribution < 1.29 is 9.22 Å². The average molecular weight is 290 g/mol. The Bertz CT molecular complexity index is 492. The first-order chi connectivity index (χ1) is 9.28. The molecule has 0 heterocycles. The molecule has 3 heteroatoms. The van der Waals surface area contributed by atoms with E-state index < -0.39 is 8.32 Å². The Labute approximate surface area is 123 Å². The molecule has 2 nitrogen and oxygen atoms in total. The van der Waals surface area contributed by atoms with Gasteiger partial charge in [-0.15, -0.1) is 0 Å². The summed E-state index contributed by atoms with van der Waals surface area (Å²) in [7, 11) is -1.75. The molecule has 7 unspecified atom stereocenters. The van der Waals surface area contributed by atoms with E-state index >= 15 is 0 Å². The van der Waals surface area contributed by atoms with Gasteiger partial charge in [0.25, 0.3) is 5.97 Å². The first-order valence-electron chi connectivity index (χ1n) is 8.21. The van der Waals surface area contributed by atoms with Crippen LogP contribution in [0.25, 0.3) is 0 Å². The van der Waals surface area contributed by atoms with Gasteiger partial charge in [-0.1, -0.05) is 19.1 Å². The first kappa shape index (κ1) is 13.1. The van der Waals surface area contributed by atoms with Crippen molar-refractivity contribution >= 4 is 14.3 Å². The third-order valence-electron chi connectivity index (χ3n) is 6.43. The summed E-state index contributed by atoms with van der Waals surface area (Å²) < 4.78 is 5.82. The minimum Gasteiger partial charge on any atom is -0.520 e. The van der Waals surface area contributed by atoms with Gasteiger partial charge in [-0.2, -0.15) is 0 Å². The van der Waals surface area contributed by atoms with Crippen molar-refractivity contribution in [3.63, 3.8) is 0 Å². The van der Waals surface area contributed by atoms with Gasteiger partial charge in [-0.05, 0) is 73.9 Å². The number of hydrogen-bond donors (Lipinski definition) is 0. The first-order valence-corrected chi connectivity index (χ1v) is 11.6. The Morgan fingerprint density at radius 1 is 1.30 bits per heavy atom. The number of carbonyl (C=O) groups is 1. The number of rotatable bonds is 2. The summed E-state index contributed by atoms with van der Waals surface area (Å²) in [5.41, 5.74) is 0.382. The van der Waals surface area contributed by atoms with Crippen molar-refractivity contribution in [3.8, 4) is 0 Å². The van der Waals surface area contributed by atoms with E-state index in [-0.39, 0.29) is 11.9 Å². The quantitative estimate of drug-likeness (QED) is 0.439. The number of hydrogen-bond acceptors (Lipinski definition) is 2. The predicted molar refractivity (Wildman–Crippen MR) is 81.5 cm³/mol. The van der Waals surface area contributed by atoms with Crippen LogP contribution < -0.4 is 0 Å². The monoisotopic (exact) mass is 290 g/mol. The fourth-order valence-electron chi connectivity index (χ4n) is 6.09. The van der Waals surface area contributed by atoms with E-state index in [1.165, 1.54) is 12.8 Å². The maximum Gasteiger partial charge on any atom is 0.295 e. The Morgan fingerprint density at radius 3 is 2.75 bits per heavy atom. The molecule has 0 radical (unpaired) electrons. The molecule has 4 aliphatic rings. The normalized spacial score (nSPS) is 51.6. The molecule has 0 aromatic rings. The molecule has 4 bridgehead atoms. The lowest BCUT2D eigenvalue weighted by Crippen LogP contribution is -2.41. The third kappa shape index (κ3) is 1.65. The zero-order valence-corrected chi connectivity index (χ0v) is 14.1. The zero-order valence-electron chi connectivity index (χ0n) is 13.1. The number of allylic oxidation sites excluding steroid dienone is 2.